The van der Waals surface area contributed by atoms with Crippen molar-refractivity contribution in [3.8, 4) is 0 Å². The van der Waals surface area contributed by atoms with Gasteiger partial charge in [-0.1, -0.05) is 12.8 Å². The summed E-state index contributed by atoms with van der Waals surface area (Å²) in [5, 5.41) is 10.7. The second kappa shape index (κ2) is 9.80. The zero-order valence-corrected chi connectivity index (χ0v) is 17.5. The van der Waals surface area contributed by atoms with E-state index in [1.165, 1.54) is 52.8 Å². The van der Waals surface area contributed by atoms with E-state index >= 15 is 0 Å². The average molecular weight is 446 g/mol. The van der Waals surface area contributed by atoms with Crippen LogP contribution in [0.3, 0.4) is 0 Å². The molecule has 0 saturated carbocycles. The monoisotopic (exact) mass is 446 g/mol. The molecule has 0 N–H and O–H groups in total. The molecule has 0 radical (unpaired) electrons. The molecule has 1 heterocycles. The molecule has 0 atom stereocenters. The molecular formula is C21H22N2O7S. The van der Waals surface area contributed by atoms with Gasteiger partial charge >= 0.3 is 5.97 Å². The fraction of sp³-hybridized carbons (Fsp3) is 0.333. The first kappa shape index (κ1) is 22.6. The molecule has 1 fully saturated rings. The van der Waals surface area contributed by atoms with E-state index in [-0.39, 0.29) is 21.7 Å². The van der Waals surface area contributed by atoms with E-state index in [2.05, 4.69) is 0 Å². The third-order valence-electron chi connectivity index (χ3n) is 5.03. The summed E-state index contributed by atoms with van der Waals surface area (Å²) in [6, 6.07) is 10.4. The number of nitro benzene ring substituents is 1. The zero-order valence-electron chi connectivity index (χ0n) is 16.7. The van der Waals surface area contributed by atoms with Gasteiger partial charge < -0.3 is 4.74 Å². The Bertz CT molecular complexity index is 1060. The van der Waals surface area contributed by atoms with Crippen molar-refractivity contribution < 1.29 is 27.7 Å². The van der Waals surface area contributed by atoms with Crippen molar-refractivity contribution >= 4 is 27.5 Å². The van der Waals surface area contributed by atoms with Crippen LogP contribution in [0, 0.1) is 10.1 Å². The van der Waals surface area contributed by atoms with Crippen molar-refractivity contribution in [3.05, 3.63) is 69.8 Å². The molecule has 0 amide bonds. The predicted octanol–water partition coefficient (Wildman–Crippen LogP) is 3.20. The predicted molar refractivity (Wildman–Crippen MR) is 111 cm³/mol. The van der Waals surface area contributed by atoms with Crippen LogP contribution in [0.5, 0.6) is 0 Å². The lowest BCUT2D eigenvalue weighted by molar-refractivity contribution is -0.384. The normalized spacial score (nSPS) is 15.1. The van der Waals surface area contributed by atoms with Gasteiger partial charge in [-0.15, -0.1) is 0 Å². The summed E-state index contributed by atoms with van der Waals surface area (Å²) >= 11 is 0. The van der Waals surface area contributed by atoms with Crippen molar-refractivity contribution in [1.29, 1.82) is 0 Å². The molecule has 0 aromatic heterocycles. The average Bonchev–Trinajstić information content (AvgIpc) is 3.07. The summed E-state index contributed by atoms with van der Waals surface area (Å²) in [6.07, 6.45) is 3.67. The largest absolute Gasteiger partial charge is 0.454 e. The van der Waals surface area contributed by atoms with Gasteiger partial charge in [0.05, 0.1) is 15.4 Å². The summed E-state index contributed by atoms with van der Waals surface area (Å²) in [5.74, 6) is -1.28. The highest BCUT2D eigenvalue weighted by molar-refractivity contribution is 7.89. The van der Waals surface area contributed by atoms with Gasteiger partial charge in [0.1, 0.15) is 0 Å². The topological polar surface area (TPSA) is 124 Å². The fourth-order valence-electron chi connectivity index (χ4n) is 3.26. The van der Waals surface area contributed by atoms with Gasteiger partial charge in [-0.3, -0.25) is 14.9 Å². The molecule has 1 saturated heterocycles. The van der Waals surface area contributed by atoms with Crippen molar-refractivity contribution in [2.45, 2.75) is 30.6 Å². The first-order valence-corrected chi connectivity index (χ1v) is 11.3. The molecule has 2 aromatic rings. The Morgan fingerprint density at radius 3 is 2.00 bits per heavy atom. The lowest BCUT2D eigenvalue weighted by atomic mass is 10.1. The minimum Gasteiger partial charge on any atom is -0.454 e. The number of benzene rings is 2. The van der Waals surface area contributed by atoms with Gasteiger partial charge in [0.2, 0.25) is 10.0 Å². The van der Waals surface area contributed by atoms with Crippen LogP contribution in [0.25, 0.3) is 0 Å². The van der Waals surface area contributed by atoms with Crippen LogP contribution in [0.1, 0.15) is 46.4 Å². The van der Waals surface area contributed by atoms with Crippen molar-refractivity contribution in [3.63, 3.8) is 0 Å². The number of hydrogen-bond donors (Lipinski definition) is 0. The van der Waals surface area contributed by atoms with E-state index in [0.29, 0.717) is 13.1 Å². The molecule has 1 aliphatic heterocycles. The van der Waals surface area contributed by atoms with Crippen LogP contribution in [0.4, 0.5) is 5.69 Å². The van der Waals surface area contributed by atoms with Crippen LogP contribution in [0.15, 0.2) is 53.4 Å². The number of esters is 1. The van der Waals surface area contributed by atoms with Crippen LogP contribution < -0.4 is 0 Å². The number of non-ortho nitro benzene ring substituents is 1. The quantitative estimate of drug-likeness (QED) is 0.277. The summed E-state index contributed by atoms with van der Waals surface area (Å²) in [7, 11) is -3.62. The summed E-state index contributed by atoms with van der Waals surface area (Å²) in [5.41, 5.74) is 0.146. The molecule has 10 heteroatoms. The first-order chi connectivity index (χ1) is 14.8. The standard InChI is InChI=1S/C21H22N2O7S/c24-20(16-5-9-18(10-6-16)23(26)27)15-30-21(25)17-7-11-19(12-8-17)31(28,29)22-13-3-1-2-4-14-22/h5-12H,1-4,13-15H2. The minimum atomic E-state index is -3.62. The van der Waals surface area contributed by atoms with E-state index in [1.807, 2.05) is 0 Å². The van der Waals surface area contributed by atoms with Gasteiger partial charge in [-0.2, -0.15) is 4.31 Å². The molecular weight excluding hydrogens is 424 g/mol. The Kier molecular flexibility index (Phi) is 7.13. The Morgan fingerprint density at radius 1 is 0.903 bits per heavy atom. The number of carbonyl (C=O) groups is 2. The van der Waals surface area contributed by atoms with Crippen LogP contribution in [-0.2, 0) is 14.8 Å². The first-order valence-electron chi connectivity index (χ1n) is 9.84. The van der Waals surface area contributed by atoms with Crippen molar-refractivity contribution in [2.75, 3.05) is 19.7 Å². The minimum absolute atomic E-state index is 0.105. The zero-order chi connectivity index (χ0) is 22.4. The second-order valence-corrected chi connectivity index (χ2v) is 9.08. The summed E-state index contributed by atoms with van der Waals surface area (Å²) in [6.45, 7) is 0.429. The number of rotatable bonds is 7. The number of hydrogen-bond acceptors (Lipinski definition) is 7. The Balaban J connectivity index is 1.61. The number of carbonyl (C=O) groups excluding carboxylic acids is 2. The maximum atomic E-state index is 12.8. The van der Waals surface area contributed by atoms with E-state index in [4.69, 9.17) is 4.74 Å². The van der Waals surface area contributed by atoms with Crippen LogP contribution >= 0.6 is 0 Å². The van der Waals surface area contributed by atoms with E-state index in [9.17, 15) is 28.1 Å². The molecule has 0 aliphatic carbocycles. The SMILES string of the molecule is O=C(COC(=O)c1ccc(S(=O)(=O)N2CCCCCC2)cc1)c1ccc([N+](=O)[O-])cc1. The van der Waals surface area contributed by atoms with Crippen LogP contribution in [-0.4, -0.2) is 49.1 Å². The van der Waals surface area contributed by atoms with Gasteiger partial charge in [-0.25, -0.2) is 13.2 Å². The van der Waals surface area contributed by atoms with Gasteiger partial charge in [-0.05, 0) is 49.2 Å². The fourth-order valence-corrected chi connectivity index (χ4v) is 4.78. The number of ether oxygens (including phenoxy) is 1. The molecule has 31 heavy (non-hydrogen) atoms. The number of sulfonamides is 1. The maximum Gasteiger partial charge on any atom is 0.338 e. The number of ketones is 1. The highest BCUT2D eigenvalue weighted by Crippen LogP contribution is 2.21. The van der Waals surface area contributed by atoms with Crippen molar-refractivity contribution in [1.82, 2.24) is 4.31 Å². The van der Waals surface area contributed by atoms with Gasteiger partial charge in [0, 0.05) is 30.8 Å². The van der Waals surface area contributed by atoms with E-state index in [1.54, 1.807) is 0 Å². The molecule has 0 bridgehead atoms. The second-order valence-electron chi connectivity index (χ2n) is 7.15. The molecule has 9 nitrogen and oxygen atoms in total. The highest BCUT2D eigenvalue weighted by atomic mass is 32.2. The van der Waals surface area contributed by atoms with E-state index < -0.39 is 33.3 Å². The molecule has 3 rings (SSSR count). The van der Waals surface area contributed by atoms with Crippen molar-refractivity contribution in [2.24, 2.45) is 0 Å². The number of nitro groups is 1. The van der Waals surface area contributed by atoms with Crippen LogP contribution in [0.2, 0.25) is 0 Å². The van der Waals surface area contributed by atoms with Gasteiger partial charge in [0.25, 0.3) is 5.69 Å². The van der Waals surface area contributed by atoms with E-state index in [0.717, 1.165) is 25.7 Å². The Hall–Kier alpha value is -3.11. The Labute approximate surface area is 179 Å². The molecule has 0 spiro atoms. The smallest absolute Gasteiger partial charge is 0.338 e. The lowest BCUT2D eigenvalue weighted by Gasteiger charge is -2.19. The molecule has 1 aliphatic rings. The third kappa shape index (κ3) is 5.53. The molecule has 164 valence electrons. The van der Waals surface area contributed by atoms with Gasteiger partial charge in [0.15, 0.2) is 12.4 Å². The summed E-state index contributed by atoms with van der Waals surface area (Å²) < 4.78 is 32.0. The highest BCUT2D eigenvalue weighted by Gasteiger charge is 2.25. The maximum absolute atomic E-state index is 12.8. The third-order valence-corrected chi connectivity index (χ3v) is 6.94. The summed E-state index contributed by atoms with van der Waals surface area (Å²) in [4.78, 5) is 34.5. The molecule has 0 unspecified atom stereocenters. The lowest BCUT2D eigenvalue weighted by Crippen LogP contribution is -2.31. The Morgan fingerprint density at radius 2 is 1.45 bits per heavy atom. The number of Topliss-reactive ketones (excluding diaryl/α,β-unsaturated/α-hetero) is 1. The number of nitrogens with zero attached hydrogens (tertiary/aromatic N) is 2. The molecule has 2 aromatic carbocycles.